The second-order valence-corrected chi connectivity index (χ2v) is 7.25. The van der Waals surface area contributed by atoms with Gasteiger partial charge in [0.2, 0.25) is 5.91 Å². The van der Waals surface area contributed by atoms with Gasteiger partial charge in [0.25, 0.3) is 11.8 Å². The van der Waals surface area contributed by atoms with Crippen molar-refractivity contribution in [3.05, 3.63) is 59.7 Å². The lowest BCUT2D eigenvalue weighted by Gasteiger charge is -2.20. The molecule has 1 aromatic heterocycles. The molecule has 0 bridgehead atoms. The number of nitrogens with one attached hydrogen (secondary N) is 2. The average Bonchev–Trinajstić information content (AvgIpc) is 3.07. The fourth-order valence-electron chi connectivity index (χ4n) is 3.32. The highest BCUT2D eigenvalue weighted by molar-refractivity contribution is 6.01. The molecule has 2 amide bonds. The largest absolute Gasteiger partial charge is 0.377 e. The van der Waals surface area contributed by atoms with Gasteiger partial charge in [-0.05, 0) is 30.7 Å². The summed E-state index contributed by atoms with van der Waals surface area (Å²) in [6, 6.07) is 7.50. The van der Waals surface area contributed by atoms with Gasteiger partial charge in [-0.1, -0.05) is 12.1 Å². The van der Waals surface area contributed by atoms with Crippen molar-refractivity contribution in [3.8, 4) is 6.07 Å². The van der Waals surface area contributed by atoms with E-state index in [2.05, 4.69) is 15.6 Å². The van der Waals surface area contributed by atoms with E-state index in [1.54, 1.807) is 18.2 Å². The Morgan fingerprint density at radius 2 is 2.03 bits per heavy atom. The Labute approximate surface area is 176 Å². The molecule has 2 aromatic rings. The number of carbonyl (C=O) groups is 2. The van der Waals surface area contributed by atoms with Gasteiger partial charge in [-0.15, -0.1) is 0 Å². The van der Waals surface area contributed by atoms with Crippen molar-refractivity contribution in [2.45, 2.75) is 31.4 Å². The first-order chi connectivity index (χ1) is 14.7. The molecule has 31 heavy (non-hydrogen) atoms. The Hall–Kier alpha value is -3.61. The molecule has 7 nitrogen and oxygen atoms in total. The van der Waals surface area contributed by atoms with Crippen molar-refractivity contribution in [1.29, 1.82) is 5.26 Å². The van der Waals surface area contributed by atoms with Crippen LogP contribution < -0.4 is 10.6 Å². The minimum Gasteiger partial charge on any atom is -0.377 e. The molecule has 162 valence electrons. The summed E-state index contributed by atoms with van der Waals surface area (Å²) >= 11 is 0. The number of hydrogen-bond acceptors (Lipinski definition) is 5. The molecule has 0 spiro atoms. The Morgan fingerprint density at radius 3 is 2.71 bits per heavy atom. The second kappa shape index (κ2) is 9.04. The number of alkyl halides is 2. The minimum absolute atomic E-state index is 0.195. The fourth-order valence-corrected chi connectivity index (χ4v) is 3.32. The van der Waals surface area contributed by atoms with Gasteiger partial charge in [-0.25, -0.2) is 13.2 Å². The SMILES string of the molecule is C[C@@H](Nc1cnccc1C(=O)NCC(=O)N1CC(F)(F)CC1C#N)c1ccc(F)cc1. The summed E-state index contributed by atoms with van der Waals surface area (Å²) < 4.78 is 40.2. The molecule has 0 radical (unpaired) electrons. The number of aromatic nitrogens is 1. The smallest absolute Gasteiger partial charge is 0.268 e. The molecule has 1 aliphatic rings. The number of amides is 2. The molecule has 2 N–H and O–H groups in total. The number of nitrogens with zero attached hydrogens (tertiary/aromatic N) is 3. The summed E-state index contributed by atoms with van der Waals surface area (Å²) in [7, 11) is 0. The van der Waals surface area contributed by atoms with Crippen LogP contribution in [0.2, 0.25) is 0 Å². The summed E-state index contributed by atoms with van der Waals surface area (Å²) in [4.78, 5) is 29.7. The van der Waals surface area contributed by atoms with Gasteiger partial charge < -0.3 is 15.5 Å². The van der Waals surface area contributed by atoms with Crippen molar-refractivity contribution in [1.82, 2.24) is 15.2 Å². The molecule has 1 fully saturated rings. The van der Waals surface area contributed by atoms with Gasteiger partial charge in [0.05, 0.1) is 36.6 Å². The topological polar surface area (TPSA) is 98.1 Å². The predicted molar refractivity (Wildman–Crippen MR) is 106 cm³/mol. The molecule has 1 saturated heterocycles. The molecular formula is C21H20F3N5O2. The predicted octanol–water partition coefficient (Wildman–Crippen LogP) is 2.88. The molecule has 0 aliphatic carbocycles. The standard InChI is InChI=1S/C21H20F3N5O2/c1-13(14-2-4-15(22)5-3-14)28-18-10-26-7-6-17(18)20(31)27-11-19(30)29-12-21(23,24)8-16(29)9-25/h2-7,10,13,16,28H,8,11-12H2,1H3,(H,27,31)/t13-,16?/m1/s1. The van der Waals surface area contributed by atoms with Gasteiger partial charge in [0, 0.05) is 18.7 Å². The number of carbonyl (C=O) groups excluding carboxylic acids is 2. The van der Waals surface area contributed by atoms with Crippen LogP contribution in [0.25, 0.3) is 0 Å². The second-order valence-electron chi connectivity index (χ2n) is 7.25. The molecular weight excluding hydrogens is 411 g/mol. The van der Waals surface area contributed by atoms with Crippen LogP contribution in [0.3, 0.4) is 0 Å². The molecule has 1 aromatic carbocycles. The summed E-state index contributed by atoms with van der Waals surface area (Å²) in [6.07, 6.45) is 2.11. The summed E-state index contributed by atoms with van der Waals surface area (Å²) in [5.74, 6) is -4.86. The zero-order chi connectivity index (χ0) is 22.6. The van der Waals surface area contributed by atoms with Crippen LogP contribution in [0.1, 0.15) is 35.3 Å². The first-order valence-corrected chi connectivity index (χ1v) is 9.51. The maximum absolute atomic E-state index is 13.5. The number of hydrogen-bond donors (Lipinski definition) is 2. The minimum atomic E-state index is -3.13. The molecule has 2 heterocycles. The van der Waals surface area contributed by atoms with E-state index in [1.807, 2.05) is 6.92 Å². The Balaban J connectivity index is 1.65. The van der Waals surface area contributed by atoms with E-state index in [0.29, 0.717) is 5.69 Å². The van der Waals surface area contributed by atoms with Gasteiger partial charge in [0.15, 0.2) is 0 Å². The number of rotatable bonds is 6. The maximum atomic E-state index is 13.5. The van der Waals surface area contributed by atoms with Crippen LogP contribution in [0.15, 0.2) is 42.7 Å². The Morgan fingerprint density at radius 1 is 1.32 bits per heavy atom. The van der Waals surface area contributed by atoms with Gasteiger partial charge in [-0.2, -0.15) is 5.26 Å². The Bertz CT molecular complexity index is 1010. The van der Waals surface area contributed by atoms with Crippen molar-refractivity contribution in [2.75, 3.05) is 18.4 Å². The van der Waals surface area contributed by atoms with Crippen molar-refractivity contribution in [2.24, 2.45) is 0 Å². The molecule has 2 atom stereocenters. The Kier molecular flexibility index (Phi) is 6.44. The van der Waals surface area contributed by atoms with Gasteiger partial charge in [-0.3, -0.25) is 14.6 Å². The third-order valence-corrected chi connectivity index (χ3v) is 4.95. The summed E-state index contributed by atoms with van der Waals surface area (Å²) in [6.45, 7) is 0.445. The van der Waals surface area contributed by atoms with E-state index in [-0.39, 0.29) is 17.4 Å². The van der Waals surface area contributed by atoms with Crippen LogP contribution in [-0.2, 0) is 4.79 Å². The average molecular weight is 431 g/mol. The number of benzene rings is 1. The molecule has 1 aliphatic heterocycles. The third kappa shape index (κ3) is 5.31. The van der Waals surface area contributed by atoms with Crippen molar-refractivity contribution >= 4 is 17.5 Å². The monoisotopic (exact) mass is 431 g/mol. The van der Waals surface area contributed by atoms with Crippen LogP contribution >= 0.6 is 0 Å². The number of nitriles is 1. The first-order valence-electron chi connectivity index (χ1n) is 9.51. The lowest BCUT2D eigenvalue weighted by molar-refractivity contribution is -0.131. The summed E-state index contributed by atoms with van der Waals surface area (Å²) in [5, 5.41) is 14.5. The molecule has 10 heteroatoms. The van der Waals surface area contributed by atoms with E-state index in [0.717, 1.165) is 10.5 Å². The molecule has 3 rings (SSSR count). The van der Waals surface area contributed by atoms with Gasteiger partial charge in [0.1, 0.15) is 11.9 Å². The van der Waals surface area contributed by atoms with E-state index >= 15 is 0 Å². The van der Waals surface area contributed by atoms with Crippen LogP contribution in [0.4, 0.5) is 18.9 Å². The number of pyridine rings is 1. The van der Waals surface area contributed by atoms with Crippen molar-refractivity contribution < 1.29 is 22.8 Å². The van der Waals surface area contributed by atoms with E-state index in [4.69, 9.17) is 5.26 Å². The maximum Gasteiger partial charge on any atom is 0.268 e. The number of anilines is 1. The number of likely N-dealkylation sites (tertiary alicyclic amines) is 1. The first kappa shape index (κ1) is 22.1. The van der Waals surface area contributed by atoms with E-state index in [9.17, 15) is 22.8 Å². The highest BCUT2D eigenvalue weighted by atomic mass is 19.3. The third-order valence-electron chi connectivity index (χ3n) is 4.95. The van der Waals surface area contributed by atoms with Crippen LogP contribution in [-0.4, -0.2) is 46.8 Å². The molecule has 1 unspecified atom stereocenters. The zero-order valence-corrected chi connectivity index (χ0v) is 16.6. The fraction of sp³-hybridized carbons (Fsp3) is 0.333. The van der Waals surface area contributed by atoms with Gasteiger partial charge >= 0.3 is 0 Å². The lowest BCUT2D eigenvalue weighted by Crippen LogP contribution is -2.43. The number of halogens is 3. The lowest BCUT2D eigenvalue weighted by atomic mass is 10.1. The van der Waals surface area contributed by atoms with Crippen molar-refractivity contribution in [3.63, 3.8) is 0 Å². The summed E-state index contributed by atoms with van der Waals surface area (Å²) in [5.41, 5.74) is 1.36. The molecule has 0 saturated carbocycles. The van der Waals surface area contributed by atoms with Crippen LogP contribution in [0, 0.1) is 17.1 Å². The normalized spacial score (nSPS) is 18.2. The quantitative estimate of drug-likeness (QED) is 0.733. The van der Waals surface area contributed by atoms with Crippen LogP contribution in [0.5, 0.6) is 0 Å². The van der Waals surface area contributed by atoms with E-state index < -0.39 is 43.3 Å². The highest BCUT2D eigenvalue weighted by Crippen LogP contribution is 2.31. The van der Waals surface area contributed by atoms with E-state index in [1.165, 1.54) is 30.6 Å². The highest BCUT2D eigenvalue weighted by Gasteiger charge is 2.47. The zero-order valence-electron chi connectivity index (χ0n) is 16.6.